The van der Waals surface area contributed by atoms with E-state index < -0.39 is 45.4 Å². The second-order valence-corrected chi connectivity index (χ2v) is 15.3. The maximum absolute atomic E-state index is 14.1. The summed E-state index contributed by atoms with van der Waals surface area (Å²) in [5.74, 6) is -0.933. The maximum Gasteiger partial charge on any atom is 0.244 e. The second kappa shape index (κ2) is 11.0. The van der Waals surface area contributed by atoms with Crippen molar-refractivity contribution in [1.29, 1.82) is 5.26 Å². The Hall–Kier alpha value is -3.01. The zero-order valence-electron chi connectivity index (χ0n) is 24.3. The number of amides is 2. The number of nitriles is 1. The molecule has 220 valence electrons. The third kappa shape index (κ3) is 6.12. The first kappa shape index (κ1) is 30.9. The van der Waals surface area contributed by atoms with Gasteiger partial charge in [-0.1, -0.05) is 34.6 Å². The fourth-order valence-corrected chi connectivity index (χ4v) is 7.50. The van der Waals surface area contributed by atoms with E-state index in [-0.39, 0.29) is 22.1 Å². The monoisotopic (exact) mass is 644 g/mol. The van der Waals surface area contributed by atoms with E-state index in [2.05, 4.69) is 50.9 Å². The van der Waals surface area contributed by atoms with Crippen molar-refractivity contribution in [2.24, 2.45) is 22.7 Å². The van der Waals surface area contributed by atoms with Gasteiger partial charge in [0.1, 0.15) is 18.1 Å². The minimum atomic E-state index is -4.06. The van der Waals surface area contributed by atoms with E-state index in [4.69, 9.17) is 0 Å². The van der Waals surface area contributed by atoms with E-state index >= 15 is 0 Å². The number of hydrogen-bond acceptors (Lipinski definition) is 7. The normalized spacial score (nSPS) is 22.7. The van der Waals surface area contributed by atoms with Gasteiger partial charge in [-0.3, -0.25) is 14.6 Å². The number of likely N-dealkylation sites (tertiary alicyclic amines) is 1. The molecule has 2 amide bonds. The summed E-state index contributed by atoms with van der Waals surface area (Å²) in [5, 5.41) is 12.6. The van der Waals surface area contributed by atoms with Crippen LogP contribution in [0.3, 0.4) is 0 Å². The van der Waals surface area contributed by atoms with Gasteiger partial charge in [0.25, 0.3) is 0 Å². The number of pyridine rings is 1. The summed E-state index contributed by atoms with van der Waals surface area (Å²) < 4.78 is 30.2. The van der Waals surface area contributed by atoms with Crippen LogP contribution in [-0.4, -0.2) is 62.8 Å². The van der Waals surface area contributed by atoms with Crippen molar-refractivity contribution in [1.82, 2.24) is 19.9 Å². The number of carbonyl (C=O) groups is 2. The summed E-state index contributed by atoms with van der Waals surface area (Å²) in [7, 11) is -0.336. The number of piperidine rings is 1. The van der Waals surface area contributed by atoms with Crippen LogP contribution in [0.2, 0.25) is 0 Å². The van der Waals surface area contributed by atoms with Gasteiger partial charge in [0.05, 0.1) is 11.0 Å². The van der Waals surface area contributed by atoms with Crippen LogP contribution in [0.4, 0.5) is 5.69 Å². The van der Waals surface area contributed by atoms with Crippen LogP contribution in [0.1, 0.15) is 46.2 Å². The number of anilines is 1. The van der Waals surface area contributed by atoms with Gasteiger partial charge < -0.3 is 15.1 Å². The average molecular weight is 646 g/mol. The lowest BCUT2D eigenvalue weighted by molar-refractivity contribution is -0.143. The Morgan fingerprint density at radius 2 is 1.83 bits per heavy atom. The summed E-state index contributed by atoms with van der Waals surface area (Å²) in [5.41, 5.74) is 0.394. The van der Waals surface area contributed by atoms with Crippen LogP contribution in [0.25, 0.3) is 0 Å². The molecule has 1 aliphatic carbocycles. The molecule has 4 rings (SSSR count). The topological polar surface area (TPSA) is 136 Å². The van der Waals surface area contributed by atoms with Gasteiger partial charge in [-0.25, -0.2) is 8.42 Å². The maximum atomic E-state index is 14.1. The van der Waals surface area contributed by atoms with Gasteiger partial charge >= 0.3 is 0 Å². The highest BCUT2D eigenvalue weighted by atomic mass is 79.9. The van der Waals surface area contributed by atoms with Gasteiger partial charge in [0, 0.05) is 48.8 Å². The standard InChI is InChI=1S/C29H37BrN6O4S/c1-28(2,3)25(34-41(39,40)20-10-8-19(9-11-20)35(6)7)27(38)36-16-21-23(29(21,4)5)24(36)26(37)33-22(13-31)17-12-18(30)15-32-14-17/h8-12,14-15,21-25,34H,16H2,1-7H3,(H,33,37)/t21-,22?,23-,24-,25+/m0/s1. The zero-order valence-corrected chi connectivity index (χ0v) is 26.7. The van der Waals surface area contributed by atoms with E-state index in [1.54, 1.807) is 45.2 Å². The van der Waals surface area contributed by atoms with Gasteiger partial charge in [-0.15, -0.1) is 0 Å². The smallest absolute Gasteiger partial charge is 0.244 e. The first-order valence-electron chi connectivity index (χ1n) is 13.4. The van der Waals surface area contributed by atoms with E-state index in [1.807, 2.05) is 19.0 Å². The van der Waals surface area contributed by atoms with Crippen molar-refractivity contribution >= 4 is 43.5 Å². The van der Waals surface area contributed by atoms with Crippen molar-refractivity contribution in [3.05, 3.63) is 52.8 Å². The van der Waals surface area contributed by atoms with E-state index in [0.717, 1.165) is 5.69 Å². The molecule has 1 saturated heterocycles. The summed E-state index contributed by atoms with van der Waals surface area (Å²) in [4.78, 5) is 35.4. The van der Waals surface area contributed by atoms with Crippen LogP contribution in [0.15, 0.2) is 52.1 Å². The first-order valence-corrected chi connectivity index (χ1v) is 15.7. The van der Waals surface area contributed by atoms with Crippen molar-refractivity contribution < 1.29 is 18.0 Å². The molecule has 12 heteroatoms. The Morgan fingerprint density at radius 3 is 2.37 bits per heavy atom. The summed E-state index contributed by atoms with van der Waals surface area (Å²) in [6, 6.07) is 7.29. The number of sulfonamides is 1. The lowest BCUT2D eigenvalue weighted by atomic mass is 9.86. The highest BCUT2D eigenvalue weighted by Crippen LogP contribution is 2.65. The van der Waals surface area contributed by atoms with Crippen LogP contribution >= 0.6 is 15.9 Å². The SMILES string of the molecule is CN(C)c1ccc(S(=O)(=O)N[C@H](C(=O)N2C[C@H]3[C@@H]([C@H]2C(=O)NC(C#N)c2cncc(Br)c2)C3(C)C)C(C)(C)C)cc1. The van der Waals surface area contributed by atoms with Crippen molar-refractivity contribution in [2.75, 3.05) is 25.5 Å². The summed E-state index contributed by atoms with van der Waals surface area (Å²) >= 11 is 3.34. The highest BCUT2D eigenvalue weighted by molar-refractivity contribution is 9.10. The Labute approximate surface area is 250 Å². The average Bonchev–Trinajstić information content (AvgIpc) is 3.22. The number of benzene rings is 1. The molecule has 10 nitrogen and oxygen atoms in total. The fourth-order valence-electron chi connectivity index (χ4n) is 5.73. The molecular formula is C29H37BrN6O4S. The number of halogens is 1. The number of nitrogens with one attached hydrogen (secondary N) is 2. The molecule has 5 atom stereocenters. The molecule has 1 aromatic heterocycles. The molecule has 41 heavy (non-hydrogen) atoms. The highest BCUT2D eigenvalue weighted by Gasteiger charge is 2.69. The Kier molecular flexibility index (Phi) is 8.30. The van der Waals surface area contributed by atoms with Crippen LogP contribution < -0.4 is 14.9 Å². The van der Waals surface area contributed by atoms with Gasteiger partial charge in [-0.05, 0) is 68.9 Å². The number of fused-ring (bicyclic) bond motifs is 1. The minimum absolute atomic E-state index is 0.0457. The van der Waals surface area contributed by atoms with Gasteiger partial charge in [0.2, 0.25) is 21.8 Å². The summed E-state index contributed by atoms with van der Waals surface area (Å²) in [6.45, 7) is 9.81. The minimum Gasteiger partial charge on any atom is -0.378 e. The molecule has 2 N–H and O–H groups in total. The van der Waals surface area contributed by atoms with Gasteiger partial charge in [-0.2, -0.15) is 9.98 Å². The number of rotatable bonds is 8. The Bertz CT molecular complexity index is 1480. The Morgan fingerprint density at radius 1 is 1.20 bits per heavy atom. The number of nitrogens with zero attached hydrogens (tertiary/aromatic N) is 4. The molecule has 0 bridgehead atoms. The predicted molar refractivity (Wildman–Crippen MR) is 159 cm³/mol. The Balaban J connectivity index is 1.61. The largest absolute Gasteiger partial charge is 0.378 e. The number of hydrogen-bond donors (Lipinski definition) is 2. The van der Waals surface area contributed by atoms with Gasteiger partial charge in [0.15, 0.2) is 0 Å². The fraction of sp³-hybridized carbons (Fsp3) is 0.517. The molecule has 2 aliphatic rings. The predicted octanol–water partition coefficient (Wildman–Crippen LogP) is 3.47. The number of aromatic nitrogens is 1. The molecule has 2 heterocycles. The molecule has 0 radical (unpaired) electrons. The van der Waals surface area contributed by atoms with Crippen molar-refractivity contribution in [3.63, 3.8) is 0 Å². The lowest BCUT2D eigenvalue weighted by Gasteiger charge is -2.37. The molecule has 1 unspecified atom stereocenters. The molecule has 1 saturated carbocycles. The van der Waals surface area contributed by atoms with Crippen LogP contribution in [-0.2, 0) is 19.6 Å². The third-order valence-corrected chi connectivity index (χ3v) is 10.2. The zero-order chi connectivity index (χ0) is 30.5. The van der Waals surface area contributed by atoms with E-state index in [9.17, 15) is 23.3 Å². The molecule has 2 fully saturated rings. The van der Waals surface area contributed by atoms with E-state index in [0.29, 0.717) is 16.6 Å². The summed E-state index contributed by atoms with van der Waals surface area (Å²) in [6.07, 6.45) is 3.09. The quantitative estimate of drug-likeness (QED) is 0.449. The van der Waals surface area contributed by atoms with E-state index in [1.165, 1.54) is 23.2 Å². The second-order valence-electron chi connectivity index (χ2n) is 12.7. The van der Waals surface area contributed by atoms with Crippen LogP contribution in [0.5, 0.6) is 0 Å². The van der Waals surface area contributed by atoms with Crippen molar-refractivity contribution in [3.8, 4) is 6.07 Å². The number of carbonyl (C=O) groups excluding carboxylic acids is 2. The van der Waals surface area contributed by atoms with Crippen molar-refractivity contribution in [2.45, 2.75) is 57.6 Å². The van der Waals surface area contributed by atoms with Crippen LogP contribution in [0, 0.1) is 34.0 Å². The lowest BCUT2D eigenvalue weighted by Crippen LogP contribution is -2.59. The molecule has 2 aromatic rings. The first-order chi connectivity index (χ1) is 19.0. The molecule has 0 spiro atoms. The molecule has 1 aliphatic heterocycles. The third-order valence-electron chi connectivity index (χ3n) is 8.28. The molecule has 1 aromatic carbocycles. The molecular weight excluding hydrogens is 608 g/mol.